The second kappa shape index (κ2) is 8.39. The van der Waals surface area contributed by atoms with Crippen LogP contribution in [0.4, 0.5) is 0 Å². The van der Waals surface area contributed by atoms with E-state index in [1.807, 2.05) is 0 Å². The molecule has 0 amide bonds. The Labute approximate surface area is 99.9 Å². The van der Waals surface area contributed by atoms with E-state index in [1.165, 1.54) is 6.42 Å². The Kier molecular flexibility index (Phi) is 7.99. The molecule has 0 aromatic carbocycles. The Morgan fingerprint density at radius 1 is 1.19 bits per heavy atom. The first-order chi connectivity index (χ1) is 7.41. The van der Waals surface area contributed by atoms with Gasteiger partial charge in [-0.2, -0.15) is 0 Å². The number of guanidine groups is 1. The van der Waals surface area contributed by atoms with E-state index in [0.29, 0.717) is 18.0 Å². The van der Waals surface area contributed by atoms with Crippen LogP contribution in [-0.4, -0.2) is 24.6 Å². The van der Waals surface area contributed by atoms with E-state index < -0.39 is 0 Å². The minimum absolute atomic E-state index is 0.317. The predicted octanol–water partition coefficient (Wildman–Crippen LogP) is -0.467. The smallest absolute Gasteiger partial charge is 0.312 e. The van der Waals surface area contributed by atoms with Crippen molar-refractivity contribution in [2.75, 3.05) is 6.54 Å². The van der Waals surface area contributed by atoms with Crippen LogP contribution in [0.1, 0.15) is 47.0 Å². The van der Waals surface area contributed by atoms with Crippen LogP contribution in [0.2, 0.25) is 0 Å². The molecule has 4 heteroatoms. The van der Waals surface area contributed by atoms with Gasteiger partial charge in [-0.15, -0.1) is 0 Å². The fourth-order valence-electron chi connectivity index (χ4n) is 1.89. The van der Waals surface area contributed by atoms with Crippen molar-refractivity contribution in [3.63, 3.8) is 0 Å². The van der Waals surface area contributed by atoms with Crippen molar-refractivity contribution < 1.29 is 4.99 Å². The normalized spacial score (nSPS) is 13.1. The molecule has 0 saturated heterocycles. The highest BCUT2D eigenvalue weighted by Gasteiger charge is 2.11. The van der Waals surface area contributed by atoms with Crippen LogP contribution in [0.3, 0.4) is 0 Å². The summed E-state index contributed by atoms with van der Waals surface area (Å²) in [5, 5.41) is 3.60. The quantitative estimate of drug-likeness (QED) is 0.258. The van der Waals surface area contributed by atoms with Gasteiger partial charge in [0.1, 0.15) is 0 Å². The molecule has 0 fully saturated rings. The van der Waals surface area contributed by atoms with Gasteiger partial charge in [0.15, 0.2) is 0 Å². The lowest BCUT2D eigenvalue weighted by atomic mass is 9.99. The number of hydrogen-bond donors (Lipinski definition) is 4. The summed E-state index contributed by atoms with van der Waals surface area (Å²) in [6, 6.07) is 1.14. The first kappa shape index (κ1) is 15.2. The first-order valence-electron chi connectivity index (χ1n) is 6.29. The molecule has 0 radical (unpaired) electrons. The third-order valence-electron chi connectivity index (χ3n) is 2.38. The van der Waals surface area contributed by atoms with E-state index in [4.69, 9.17) is 11.5 Å². The summed E-state index contributed by atoms with van der Waals surface area (Å²) in [6.07, 6.45) is 3.48. The fraction of sp³-hybridized carbons (Fsp3) is 0.917. The van der Waals surface area contributed by atoms with E-state index in [9.17, 15) is 0 Å². The lowest BCUT2D eigenvalue weighted by molar-refractivity contribution is -0.459. The van der Waals surface area contributed by atoms with Gasteiger partial charge in [-0.05, 0) is 25.2 Å². The van der Waals surface area contributed by atoms with E-state index >= 15 is 0 Å². The van der Waals surface area contributed by atoms with Gasteiger partial charge in [-0.1, -0.05) is 27.7 Å². The summed E-state index contributed by atoms with van der Waals surface area (Å²) < 4.78 is 0. The lowest BCUT2D eigenvalue weighted by Crippen LogP contribution is -2.78. The minimum Gasteiger partial charge on any atom is -0.312 e. The van der Waals surface area contributed by atoms with Crippen LogP contribution >= 0.6 is 0 Å². The molecule has 0 aliphatic carbocycles. The largest absolute Gasteiger partial charge is 0.338 e. The summed E-state index contributed by atoms with van der Waals surface area (Å²) in [4.78, 5) is 2.95. The van der Waals surface area contributed by atoms with E-state index in [2.05, 4.69) is 38.0 Å². The molecule has 16 heavy (non-hydrogen) atoms. The number of nitrogens with one attached hydrogen (secondary N) is 2. The molecule has 96 valence electrons. The molecule has 0 aromatic heterocycles. The van der Waals surface area contributed by atoms with Gasteiger partial charge < -0.3 is 5.32 Å². The highest BCUT2D eigenvalue weighted by atomic mass is 15.0. The van der Waals surface area contributed by atoms with Crippen molar-refractivity contribution in [1.82, 2.24) is 5.32 Å². The van der Waals surface area contributed by atoms with Crippen molar-refractivity contribution >= 4 is 5.96 Å². The molecule has 0 unspecified atom stereocenters. The van der Waals surface area contributed by atoms with Crippen LogP contribution in [0.15, 0.2) is 0 Å². The predicted molar refractivity (Wildman–Crippen MR) is 70.0 cm³/mol. The van der Waals surface area contributed by atoms with Gasteiger partial charge in [0.05, 0.1) is 6.54 Å². The third kappa shape index (κ3) is 9.77. The molecule has 0 rings (SSSR count). The van der Waals surface area contributed by atoms with Crippen LogP contribution in [0.5, 0.6) is 0 Å². The zero-order valence-electron chi connectivity index (χ0n) is 11.2. The summed E-state index contributed by atoms with van der Waals surface area (Å²) >= 11 is 0. The molecule has 0 aromatic rings. The maximum Gasteiger partial charge on any atom is 0.338 e. The Bertz CT molecular complexity index is 185. The fourth-order valence-corrected chi connectivity index (χ4v) is 1.89. The molecule has 0 saturated carbocycles. The van der Waals surface area contributed by atoms with Gasteiger partial charge in [0.25, 0.3) is 0 Å². The molecule has 0 heterocycles. The summed E-state index contributed by atoms with van der Waals surface area (Å²) in [5.41, 5.74) is 10.7. The van der Waals surface area contributed by atoms with Crippen molar-refractivity contribution in [2.45, 2.75) is 59.0 Å². The first-order valence-corrected chi connectivity index (χ1v) is 6.29. The van der Waals surface area contributed by atoms with Gasteiger partial charge >= 0.3 is 5.96 Å². The molecule has 6 N–H and O–H groups in total. The second-order valence-electron chi connectivity index (χ2n) is 5.17. The zero-order chi connectivity index (χ0) is 12.6. The maximum atomic E-state index is 5.34. The molecule has 0 aliphatic rings. The number of nitrogens with two attached hydrogens (primary N) is 2. The Hall–Kier alpha value is -0.770. The van der Waals surface area contributed by atoms with Gasteiger partial charge in [-0.25, -0.2) is 0 Å². The van der Waals surface area contributed by atoms with Gasteiger partial charge in [0, 0.05) is 12.1 Å². The van der Waals surface area contributed by atoms with Crippen LogP contribution in [0, 0.1) is 5.92 Å². The van der Waals surface area contributed by atoms with Crippen molar-refractivity contribution in [3.05, 3.63) is 0 Å². The standard InChI is InChI=1S/C12H28N4/c1-9(2)8-11(16-10(3)4)6-5-7-15-12(13)14/h9-11,16H,5-8H2,1-4H3,(H4,13,14,15)/p+1/t11-/m0/s1. The molecular weight excluding hydrogens is 200 g/mol. The molecule has 0 aliphatic heterocycles. The Morgan fingerprint density at radius 3 is 2.25 bits per heavy atom. The Balaban J connectivity index is 3.87. The van der Waals surface area contributed by atoms with Crippen molar-refractivity contribution in [3.8, 4) is 0 Å². The van der Waals surface area contributed by atoms with Crippen LogP contribution in [0.25, 0.3) is 0 Å². The highest BCUT2D eigenvalue weighted by molar-refractivity contribution is 5.69. The average Bonchev–Trinajstić information content (AvgIpc) is 2.09. The monoisotopic (exact) mass is 229 g/mol. The molecule has 4 nitrogen and oxygen atoms in total. The molecule has 0 spiro atoms. The minimum atomic E-state index is 0.317. The Morgan fingerprint density at radius 2 is 1.81 bits per heavy atom. The summed E-state index contributed by atoms with van der Waals surface area (Å²) in [5.74, 6) is 1.05. The molecule has 1 atom stereocenters. The van der Waals surface area contributed by atoms with E-state index in [0.717, 1.165) is 25.3 Å². The lowest BCUT2D eigenvalue weighted by Gasteiger charge is -2.22. The van der Waals surface area contributed by atoms with Crippen LogP contribution in [-0.2, 0) is 0 Å². The highest BCUT2D eigenvalue weighted by Crippen LogP contribution is 2.10. The van der Waals surface area contributed by atoms with Crippen LogP contribution < -0.4 is 21.8 Å². The number of rotatable bonds is 8. The summed E-state index contributed by atoms with van der Waals surface area (Å²) in [7, 11) is 0. The molecule has 0 bridgehead atoms. The third-order valence-corrected chi connectivity index (χ3v) is 2.38. The maximum absolute atomic E-state index is 5.34. The van der Waals surface area contributed by atoms with Crippen molar-refractivity contribution in [1.29, 1.82) is 0 Å². The average molecular weight is 229 g/mol. The van der Waals surface area contributed by atoms with Gasteiger partial charge in [0.2, 0.25) is 0 Å². The number of hydrogen-bond acceptors (Lipinski definition) is 1. The SMILES string of the molecule is CC(C)C[C@H](CCC[NH+]=C(N)N)NC(C)C. The summed E-state index contributed by atoms with van der Waals surface area (Å²) in [6.45, 7) is 9.77. The van der Waals surface area contributed by atoms with Gasteiger partial charge in [-0.3, -0.25) is 16.5 Å². The molecular formula is C12H29N4+. The second-order valence-corrected chi connectivity index (χ2v) is 5.17. The topological polar surface area (TPSA) is 78.0 Å². The van der Waals surface area contributed by atoms with E-state index in [1.54, 1.807) is 0 Å². The van der Waals surface area contributed by atoms with E-state index in [-0.39, 0.29) is 0 Å². The van der Waals surface area contributed by atoms with Crippen molar-refractivity contribution in [2.24, 2.45) is 17.4 Å². The zero-order valence-corrected chi connectivity index (χ0v) is 11.2.